The third-order valence-corrected chi connectivity index (χ3v) is 3.33. The van der Waals surface area contributed by atoms with Gasteiger partial charge in [-0.2, -0.15) is 9.97 Å². The van der Waals surface area contributed by atoms with Gasteiger partial charge in [-0.3, -0.25) is 4.98 Å². The number of ether oxygens (including phenoxy) is 1. The highest BCUT2D eigenvalue weighted by Crippen LogP contribution is 2.14. The van der Waals surface area contributed by atoms with Gasteiger partial charge in [-0.1, -0.05) is 5.16 Å². The molecule has 0 bridgehead atoms. The molecule has 0 amide bonds. The van der Waals surface area contributed by atoms with E-state index in [0.29, 0.717) is 17.2 Å². The molecule has 0 atom stereocenters. The zero-order valence-electron chi connectivity index (χ0n) is 13.0. The molecule has 0 N–H and O–H groups in total. The molecule has 0 unspecified atom stereocenters. The van der Waals surface area contributed by atoms with Crippen LogP contribution in [0.3, 0.4) is 0 Å². The van der Waals surface area contributed by atoms with Gasteiger partial charge in [0.25, 0.3) is 17.5 Å². The van der Waals surface area contributed by atoms with Gasteiger partial charge in [-0.15, -0.1) is 5.10 Å². The normalized spacial score (nSPS) is 10.9. The van der Waals surface area contributed by atoms with E-state index in [4.69, 9.17) is 9.26 Å². The van der Waals surface area contributed by atoms with Gasteiger partial charge in [0.2, 0.25) is 5.82 Å². The van der Waals surface area contributed by atoms with Crippen molar-refractivity contribution in [2.24, 2.45) is 0 Å². The number of rotatable bonds is 4. The molecule has 25 heavy (non-hydrogen) atoms. The van der Waals surface area contributed by atoms with Crippen LogP contribution < -0.4 is 0 Å². The number of fused-ring (bicyclic) bond motifs is 1. The highest BCUT2D eigenvalue weighted by Gasteiger charge is 2.18. The van der Waals surface area contributed by atoms with Crippen molar-refractivity contribution >= 4 is 11.7 Å². The second-order valence-electron chi connectivity index (χ2n) is 5.06. The minimum atomic E-state index is -0.703. The summed E-state index contributed by atoms with van der Waals surface area (Å²) in [5, 5.41) is 7.89. The van der Waals surface area contributed by atoms with Crippen LogP contribution in [0.2, 0.25) is 0 Å². The van der Waals surface area contributed by atoms with Crippen molar-refractivity contribution in [3.63, 3.8) is 0 Å². The largest absolute Gasteiger partial charge is 0.450 e. The molecule has 10 heteroatoms. The van der Waals surface area contributed by atoms with Gasteiger partial charge >= 0.3 is 5.97 Å². The van der Waals surface area contributed by atoms with Crippen molar-refractivity contribution < 1.29 is 14.1 Å². The Kier molecular flexibility index (Phi) is 3.61. The van der Waals surface area contributed by atoms with Gasteiger partial charge in [0.15, 0.2) is 6.61 Å². The van der Waals surface area contributed by atoms with E-state index >= 15 is 0 Å². The summed E-state index contributed by atoms with van der Waals surface area (Å²) in [6, 6.07) is 5.31. The van der Waals surface area contributed by atoms with Crippen LogP contribution in [0.4, 0.5) is 0 Å². The van der Waals surface area contributed by atoms with Crippen LogP contribution in [0, 0.1) is 6.92 Å². The second-order valence-corrected chi connectivity index (χ2v) is 5.06. The summed E-state index contributed by atoms with van der Waals surface area (Å²) in [4.78, 5) is 28.3. The maximum absolute atomic E-state index is 12.1. The number of pyridine rings is 1. The lowest BCUT2D eigenvalue weighted by molar-refractivity contribution is 0.0415. The summed E-state index contributed by atoms with van der Waals surface area (Å²) in [7, 11) is 0. The van der Waals surface area contributed by atoms with E-state index in [0.717, 1.165) is 5.69 Å². The Balaban J connectivity index is 1.46. The van der Waals surface area contributed by atoms with Gasteiger partial charge in [-0.25, -0.2) is 14.3 Å². The van der Waals surface area contributed by atoms with Crippen LogP contribution in [-0.4, -0.2) is 40.7 Å². The predicted molar refractivity (Wildman–Crippen MR) is 82.2 cm³/mol. The monoisotopic (exact) mass is 337 g/mol. The number of aryl methyl sites for hydroxylation is 1. The van der Waals surface area contributed by atoms with E-state index < -0.39 is 5.97 Å². The molecule has 0 spiro atoms. The summed E-state index contributed by atoms with van der Waals surface area (Å²) in [6.45, 7) is 1.64. The van der Waals surface area contributed by atoms with Crippen LogP contribution >= 0.6 is 0 Å². The minimum Gasteiger partial charge on any atom is -0.450 e. The lowest BCUT2D eigenvalue weighted by Crippen LogP contribution is -2.08. The van der Waals surface area contributed by atoms with E-state index in [9.17, 15) is 4.79 Å². The van der Waals surface area contributed by atoms with Gasteiger partial charge < -0.3 is 9.26 Å². The van der Waals surface area contributed by atoms with Crippen molar-refractivity contribution in [1.82, 2.24) is 34.7 Å². The highest BCUT2D eigenvalue weighted by molar-refractivity contribution is 5.85. The van der Waals surface area contributed by atoms with E-state index in [1.165, 1.54) is 4.52 Å². The Morgan fingerprint density at radius 2 is 2.20 bits per heavy atom. The summed E-state index contributed by atoms with van der Waals surface area (Å²) in [5.74, 6) is 0.0542. The van der Waals surface area contributed by atoms with Crippen LogP contribution in [-0.2, 0) is 11.3 Å². The molecule has 4 heterocycles. The van der Waals surface area contributed by atoms with Crippen LogP contribution in [0.5, 0.6) is 0 Å². The van der Waals surface area contributed by atoms with E-state index in [1.54, 1.807) is 36.8 Å². The first-order chi connectivity index (χ1) is 12.2. The zero-order chi connectivity index (χ0) is 17.2. The Labute approximate surface area is 140 Å². The van der Waals surface area contributed by atoms with Crippen molar-refractivity contribution in [3.05, 3.63) is 54.2 Å². The Morgan fingerprint density at radius 3 is 3.00 bits per heavy atom. The van der Waals surface area contributed by atoms with E-state index in [-0.39, 0.29) is 18.3 Å². The molecule has 0 radical (unpaired) electrons. The molecular formula is C15H11N7O3. The number of carbonyl (C=O) groups is 1. The third-order valence-electron chi connectivity index (χ3n) is 3.33. The number of hydrogen-bond acceptors (Lipinski definition) is 9. The Morgan fingerprint density at radius 1 is 1.28 bits per heavy atom. The van der Waals surface area contributed by atoms with Crippen LogP contribution in [0.25, 0.3) is 17.2 Å². The average molecular weight is 337 g/mol. The molecule has 0 aliphatic rings. The summed E-state index contributed by atoms with van der Waals surface area (Å²) < 4.78 is 11.6. The number of esters is 1. The SMILES string of the molecule is Cc1ccnc2nc(C(=O)OCc3nc(-c4cccnc4)no3)nn12. The lowest BCUT2D eigenvalue weighted by Gasteiger charge is -1.96. The molecule has 0 saturated heterocycles. The van der Waals surface area contributed by atoms with Crippen molar-refractivity contribution in [3.8, 4) is 11.4 Å². The maximum atomic E-state index is 12.1. The van der Waals surface area contributed by atoms with Crippen molar-refractivity contribution in [2.75, 3.05) is 0 Å². The minimum absolute atomic E-state index is 0.0891. The number of aromatic nitrogens is 7. The maximum Gasteiger partial charge on any atom is 0.378 e. The number of hydrogen-bond donors (Lipinski definition) is 0. The van der Waals surface area contributed by atoms with Gasteiger partial charge in [-0.05, 0) is 25.1 Å². The molecule has 0 aliphatic carbocycles. The first-order valence-corrected chi connectivity index (χ1v) is 7.29. The molecule has 0 aromatic carbocycles. The van der Waals surface area contributed by atoms with E-state index in [2.05, 4.69) is 30.2 Å². The first-order valence-electron chi connectivity index (χ1n) is 7.29. The van der Waals surface area contributed by atoms with Crippen LogP contribution in [0.15, 0.2) is 41.3 Å². The molecule has 0 saturated carbocycles. The van der Waals surface area contributed by atoms with Gasteiger partial charge in [0.05, 0.1) is 0 Å². The topological polar surface area (TPSA) is 121 Å². The summed E-state index contributed by atoms with van der Waals surface area (Å²) >= 11 is 0. The Bertz CT molecular complexity index is 1040. The molecule has 0 fully saturated rings. The van der Waals surface area contributed by atoms with Gasteiger partial charge in [0, 0.05) is 29.8 Å². The lowest BCUT2D eigenvalue weighted by atomic mass is 10.3. The number of carbonyl (C=O) groups excluding carboxylic acids is 1. The summed E-state index contributed by atoms with van der Waals surface area (Å²) in [6.07, 6.45) is 4.84. The molecule has 10 nitrogen and oxygen atoms in total. The molecule has 124 valence electrons. The smallest absolute Gasteiger partial charge is 0.378 e. The molecule has 4 aromatic rings. The zero-order valence-corrected chi connectivity index (χ0v) is 13.0. The fraction of sp³-hybridized carbons (Fsp3) is 0.133. The average Bonchev–Trinajstić information content (AvgIpc) is 3.28. The fourth-order valence-corrected chi connectivity index (χ4v) is 2.11. The standard InChI is InChI=1S/C15H11N7O3/c1-9-4-6-17-15-19-13(20-22(9)15)14(23)24-8-11-18-12(21-25-11)10-3-2-5-16-7-10/h2-7H,8H2,1H3. The number of nitrogens with zero attached hydrogens (tertiary/aromatic N) is 7. The fourth-order valence-electron chi connectivity index (χ4n) is 2.11. The molecule has 0 aliphatic heterocycles. The third kappa shape index (κ3) is 2.92. The molecule has 4 rings (SSSR count). The quantitative estimate of drug-likeness (QED) is 0.506. The second kappa shape index (κ2) is 6.07. The van der Waals surface area contributed by atoms with Crippen molar-refractivity contribution in [2.45, 2.75) is 13.5 Å². The molecule has 4 aromatic heterocycles. The molecular weight excluding hydrogens is 326 g/mol. The van der Waals surface area contributed by atoms with Crippen molar-refractivity contribution in [1.29, 1.82) is 0 Å². The predicted octanol–water partition coefficient (Wildman–Crippen LogP) is 1.23. The van der Waals surface area contributed by atoms with E-state index in [1.807, 2.05) is 6.92 Å². The highest BCUT2D eigenvalue weighted by atomic mass is 16.6. The van der Waals surface area contributed by atoms with Crippen LogP contribution in [0.1, 0.15) is 22.2 Å². The first kappa shape index (κ1) is 14.9. The summed E-state index contributed by atoms with van der Waals surface area (Å²) in [5.41, 5.74) is 1.50. The van der Waals surface area contributed by atoms with Gasteiger partial charge in [0.1, 0.15) is 0 Å². The Hall–Kier alpha value is -3.69.